The molecule has 1 amide bonds. The number of thiophene rings is 1. The third-order valence-electron chi connectivity index (χ3n) is 2.46. The third kappa shape index (κ3) is 4.96. The van der Waals surface area contributed by atoms with Crippen molar-refractivity contribution in [2.24, 2.45) is 5.10 Å². The van der Waals surface area contributed by atoms with E-state index in [4.69, 9.17) is 0 Å². The number of halogens is 1. The molecular formula is C14H13BrN2OS. The molecule has 5 heteroatoms. The molecular weight excluding hydrogens is 324 g/mol. The Labute approximate surface area is 124 Å². The lowest BCUT2D eigenvalue weighted by molar-refractivity contribution is -0.121. The van der Waals surface area contributed by atoms with Crippen molar-refractivity contribution in [1.29, 1.82) is 0 Å². The van der Waals surface area contributed by atoms with E-state index in [1.165, 1.54) is 0 Å². The summed E-state index contributed by atoms with van der Waals surface area (Å²) in [4.78, 5) is 12.6. The summed E-state index contributed by atoms with van der Waals surface area (Å²) in [6.45, 7) is 0. The molecule has 3 nitrogen and oxygen atoms in total. The van der Waals surface area contributed by atoms with E-state index in [1.807, 2.05) is 42.5 Å². The van der Waals surface area contributed by atoms with Crippen LogP contribution in [-0.4, -0.2) is 12.1 Å². The summed E-state index contributed by atoms with van der Waals surface area (Å²) in [6, 6.07) is 13.8. The van der Waals surface area contributed by atoms with E-state index in [-0.39, 0.29) is 5.91 Å². The predicted octanol–water partition coefficient (Wildman–Crippen LogP) is 3.59. The normalized spacial score (nSPS) is 10.8. The summed E-state index contributed by atoms with van der Waals surface area (Å²) in [5, 5.41) is 3.93. The first-order valence-electron chi connectivity index (χ1n) is 5.85. The number of hydrogen-bond donors (Lipinski definition) is 1. The molecule has 0 fully saturated rings. The highest BCUT2D eigenvalue weighted by molar-refractivity contribution is 9.11. The van der Waals surface area contributed by atoms with E-state index < -0.39 is 0 Å². The first kappa shape index (κ1) is 14.0. The Kier molecular flexibility index (Phi) is 5.30. The molecule has 1 aromatic carbocycles. The molecule has 1 heterocycles. The molecule has 0 atom stereocenters. The topological polar surface area (TPSA) is 41.5 Å². The molecule has 0 bridgehead atoms. The maximum atomic E-state index is 11.6. The van der Waals surface area contributed by atoms with Crippen LogP contribution in [0.15, 0.2) is 51.4 Å². The number of carbonyl (C=O) groups excluding carboxylic acids is 1. The molecule has 2 rings (SSSR count). The second-order valence-corrected chi connectivity index (χ2v) is 6.42. The minimum atomic E-state index is -0.0734. The van der Waals surface area contributed by atoms with E-state index in [1.54, 1.807) is 17.6 Å². The molecule has 0 aliphatic carbocycles. The zero-order chi connectivity index (χ0) is 13.5. The van der Waals surface area contributed by atoms with Gasteiger partial charge in [-0.1, -0.05) is 30.3 Å². The number of benzene rings is 1. The highest BCUT2D eigenvalue weighted by Crippen LogP contribution is 2.20. The van der Waals surface area contributed by atoms with E-state index in [9.17, 15) is 4.79 Å². The van der Waals surface area contributed by atoms with E-state index in [2.05, 4.69) is 26.5 Å². The molecule has 2 aromatic rings. The fourth-order valence-corrected chi connectivity index (χ4v) is 2.82. The maximum absolute atomic E-state index is 11.6. The van der Waals surface area contributed by atoms with Crippen molar-refractivity contribution >= 4 is 39.4 Å². The standard InChI is InChI=1S/C14H13BrN2OS/c15-13-8-7-12(19-13)10-16-17-14(18)9-6-11-4-2-1-3-5-11/h1-5,7-8,10H,6,9H2,(H,17,18). The number of nitrogens with zero attached hydrogens (tertiary/aromatic N) is 1. The smallest absolute Gasteiger partial charge is 0.240 e. The molecule has 0 spiro atoms. The third-order valence-corrected chi connectivity index (χ3v) is 4.02. The van der Waals surface area contributed by atoms with Crippen molar-refractivity contribution < 1.29 is 4.79 Å². The monoisotopic (exact) mass is 336 g/mol. The van der Waals surface area contributed by atoms with Crippen LogP contribution in [0.4, 0.5) is 0 Å². The number of nitrogens with one attached hydrogen (secondary N) is 1. The molecule has 0 radical (unpaired) electrons. The van der Waals surface area contributed by atoms with Gasteiger partial charge in [-0.15, -0.1) is 11.3 Å². The first-order valence-corrected chi connectivity index (χ1v) is 7.46. The van der Waals surface area contributed by atoms with Gasteiger partial charge in [0.1, 0.15) is 0 Å². The largest absolute Gasteiger partial charge is 0.273 e. The second kappa shape index (κ2) is 7.21. The Bertz CT molecular complexity index is 566. The molecule has 98 valence electrons. The van der Waals surface area contributed by atoms with Gasteiger partial charge >= 0.3 is 0 Å². The van der Waals surface area contributed by atoms with Gasteiger partial charge < -0.3 is 0 Å². The van der Waals surface area contributed by atoms with E-state index in [0.717, 1.165) is 20.6 Å². The molecule has 1 aromatic heterocycles. The van der Waals surface area contributed by atoms with Crippen LogP contribution in [0.5, 0.6) is 0 Å². The fraction of sp³-hybridized carbons (Fsp3) is 0.143. The zero-order valence-corrected chi connectivity index (χ0v) is 12.6. The van der Waals surface area contributed by atoms with Crippen molar-refractivity contribution in [1.82, 2.24) is 5.43 Å². The van der Waals surface area contributed by atoms with Gasteiger partial charge in [0.2, 0.25) is 5.91 Å². The number of rotatable bonds is 5. The minimum absolute atomic E-state index is 0.0734. The van der Waals surface area contributed by atoms with Crippen LogP contribution in [0.2, 0.25) is 0 Å². The quantitative estimate of drug-likeness (QED) is 0.657. The molecule has 0 aliphatic rings. The molecule has 19 heavy (non-hydrogen) atoms. The van der Waals surface area contributed by atoms with Gasteiger partial charge in [-0.2, -0.15) is 5.10 Å². The number of amides is 1. The van der Waals surface area contributed by atoms with E-state index >= 15 is 0 Å². The van der Waals surface area contributed by atoms with Gasteiger partial charge in [0, 0.05) is 11.3 Å². The van der Waals surface area contributed by atoms with Gasteiger partial charge in [0.15, 0.2) is 0 Å². The van der Waals surface area contributed by atoms with Gasteiger partial charge in [0.05, 0.1) is 10.0 Å². The zero-order valence-electron chi connectivity index (χ0n) is 10.2. The lowest BCUT2D eigenvalue weighted by Crippen LogP contribution is -2.17. The summed E-state index contributed by atoms with van der Waals surface area (Å²) in [6.07, 6.45) is 2.82. The number of hydrazone groups is 1. The molecule has 0 saturated heterocycles. The lowest BCUT2D eigenvalue weighted by Gasteiger charge is -2.00. The van der Waals surface area contributed by atoms with Crippen LogP contribution in [0.1, 0.15) is 16.9 Å². The van der Waals surface area contributed by atoms with Crippen LogP contribution in [-0.2, 0) is 11.2 Å². The Morgan fingerprint density at radius 2 is 2.05 bits per heavy atom. The lowest BCUT2D eigenvalue weighted by atomic mass is 10.1. The Morgan fingerprint density at radius 3 is 2.74 bits per heavy atom. The minimum Gasteiger partial charge on any atom is -0.273 e. The van der Waals surface area contributed by atoms with Gasteiger partial charge in [-0.05, 0) is 40.0 Å². The summed E-state index contributed by atoms with van der Waals surface area (Å²) in [5.74, 6) is -0.0734. The highest BCUT2D eigenvalue weighted by Gasteiger charge is 2.00. The summed E-state index contributed by atoms with van der Waals surface area (Å²) >= 11 is 4.94. The fourth-order valence-electron chi connectivity index (χ4n) is 1.52. The number of carbonyl (C=O) groups is 1. The van der Waals surface area contributed by atoms with Crippen LogP contribution >= 0.6 is 27.3 Å². The number of hydrogen-bond acceptors (Lipinski definition) is 3. The van der Waals surface area contributed by atoms with Crippen molar-refractivity contribution in [3.05, 3.63) is 56.7 Å². The Morgan fingerprint density at radius 1 is 1.26 bits per heavy atom. The number of aryl methyl sites for hydroxylation is 1. The molecule has 1 N–H and O–H groups in total. The van der Waals surface area contributed by atoms with E-state index in [0.29, 0.717) is 6.42 Å². The Balaban J connectivity index is 1.74. The summed E-state index contributed by atoms with van der Waals surface area (Å²) in [7, 11) is 0. The maximum Gasteiger partial charge on any atom is 0.240 e. The Hall–Kier alpha value is -1.46. The van der Waals surface area contributed by atoms with Crippen molar-refractivity contribution in [2.45, 2.75) is 12.8 Å². The van der Waals surface area contributed by atoms with Gasteiger partial charge in [-0.3, -0.25) is 4.79 Å². The predicted molar refractivity (Wildman–Crippen MR) is 82.5 cm³/mol. The average molecular weight is 337 g/mol. The van der Waals surface area contributed by atoms with Gasteiger partial charge in [0.25, 0.3) is 0 Å². The van der Waals surface area contributed by atoms with Crippen molar-refractivity contribution in [2.75, 3.05) is 0 Å². The summed E-state index contributed by atoms with van der Waals surface area (Å²) in [5.41, 5.74) is 3.69. The SMILES string of the molecule is O=C(CCc1ccccc1)NN=Cc1ccc(Br)s1. The van der Waals surface area contributed by atoms with Crippen molar-refractivity contribution in [3.8, 4) is 0 Å². The second-order valence-electron chi connectivity index (χ2n) is 3.92. The van der Waals surface area contributed by atoms with Crippen molar-refractivity contribution in [3.63, 3.8) is 0 Å². The van der Waals surface area contributed by atoms with Crippen LogP contribution < -0.4 is 5.43 Å². The summed E-state index contributed by atoms with van der Waals surface area (Å²) < 4.78 is 1.05. The van der Waals surface area contributed by atoms with Gasteiger partial charge in [-0.25, -0.2) is 5.43 Å². The highest BCUT2D eigenvalue weighted by atomic mass is 79.9. The van der Waals surface area contributed by atoms with Crippen LogP contribution in [0.25, 0.3) is 0 Å². The average Bonchev–Trinajstić information content (AvgIpc) is 2.83. The molecule has 0 saturated carbocycles. The molecule has 0 unspecified atom stereocenters. The van der Waals surface area contributed by atoms with Crippen LogP contribution in [0.3, 0.4) is 0 Å². The molecule has 0 aliphatic heterocycles. The van der Waals surface area contributed by atoms with Crippen LogP contribution in [0, 0.1) is 0 Å². The first-order chi connectivity index (χ1) is 9.24.